The van der Waals surface area contributed by atoms with Crippen LogP contribution >= 0.6 is 11.3 Å². The topological polar surface area (TPSA) is 17.1 Å². The largest absolute Gasteiger partial charge is 0.298 e. The van der Waals surface area contributed by atoms with Crippen molar-refractivity contribution in [3.63, 3.8) is 0 Å². The monoisotopic (exact) mass is 338 g/mol. The van der Waals surface area contributed by atoms with Gasteiger partial charge in [0, 0.05) is 4.88 Å². The fraction of sp³-hybridized carbons (Fsp3) is 0.227. The van der Waals surface area contributed by atoms with Crippen LogP contribution in [0.4, 0.5) is 0 Å². The summed E-state index contributed by atoms with van der Waals surface area (Å²) in [5.74, 6) is 0. The molecular formula is C22H26OS. The zero-order valence-electron chi connectivity index (χ0n) is 14.7. The Morgan fingerprint density at radius 2 is 1.67 bits per heavy atom. The van der Waals surface area contributed by atoms with Crippen molar-refractivity contribution in [1.82, 2.24) is 0 Å². The Kier molecular flexibility index (Phi) is 10.1. The molecule has 0 fully saturated rings. The first kappa shape index (κ1) is 19.9. The van der Waals surface area contributed by atoms with E-state index in [1.807, 2.05) is 18.2 Å². The molecular weight excluding hydrogens is 312 g/mol. The van der Waals surface area contributed by atoms with Gasteiger partial charge in [-0.1, -0.05) is 68.5 Å². The fourth-order valence-electron chi connectivity index (χ4n) is 1.88. The highest BCUT2D eigenvalue weighted by atomic mass is 32.1. The summed E-state index contributed by atoms with van der Waals surface area (Å²) >= 11 is 1.75. The normalized spacial score (nSPS) is 14.4. The first-order valence-corrected chi connectivity index (χ1v) is 9.15. The number of aldehydes is 1. The van der Waals surface area contributed by atoms with Crippen molar-refractivity contribution < 1.29 is 4.79 Å². The molecule has 1 rings (SSSR count). The van der Waals surface area contributed by atoms with Crippen LogP contribution in [-0.2, 0) is 4.79 Å². The Balaban J connectivity index is 2.68. The molecule has 126 valence electrons. The van der Waals surface area contributed by atoms with Crippen LogP contribution in [0.2, 0.25) is 0 Å². The van der Waals surface area contributed by atoms with E-state index >= 15 is 0 Å². The molecule has 0 saturated carbocycles. The Morgan fingerprint density at radius 3 is 2.21 bits per heavy atom. The van der Waals surface area contributed by atoms with Gasteiger partial charge in [-0.3, -0.25) is 4.79 Å². The van der Waals surface area contributed by atoms with E-state index in [0.29, 0.717) is 0 Å². The Labute approximate surface area is 150 Å². The third-order valence-corrected chi connectivity index (χ3v) is 4.25. The first-order valence-electron chi connectivity index (χ1n) is 8.27. The third kappa shape index (κ3) is 8.44. The minimum Gasteiger partial charge on any atom is -0.298 e. The van der Waals surface area contributed by atoms with E-state index in [4.69, 9.17) is 0 Å². The van der Waals surface area contributed by atoms with Gasteiger partial charge in [0.05, 0.1) is 0 Å². The summed E-state index contributed by atoms with van der Waals surface area (Å²) < 4.78 is 0. The summed E-state index contributed by atoms with van der Waals surface area (Å²) in [4.78, 5) is 11.8. The Bertz CT molecular complexity index is 665. The molecule has 1 nitrogen and oxygen atoms in total. The summed E-state index contributed by atoms with van der Waals surface area (Å²) in [6.07, 6.45) is 21.3. The van der Waals surface area contributed by atoms with E-state index in [1.165, 1.54) is 16.0 Å². The second kappa shape index (κ2) is 12.3. The molecule has 0 N–H and O–H groups in total. The standard InChI is InChI=1S/C22H26OS/c1-4-20(13-8-10-19(3)18-23)11-6-7-12-21(5-2)15-16-22-14-9-17-24-22/h6-18H,4-5H2,1-3H3/b7-6+,13-8+,16-15+,19-10+,20-11+,21-12+. The minimum atomic E-state index is 0.727. The van der Waals surface area contributed by atoms with Crippen molar-refractivity contribution in [3.05, 3.63) is 87.7 Å². The predicted molar refractivity (Wildman–Crippen MR) is 108 cm³/mol. The van der Waals surface area contributed by atoms with Crippen molar-refractivity contribution in [3.8, 4) is 0 Å². The van der Waals surface area contributed by atoms with Crippen molar-refractivity contribution in [2.24, 2.45) is 0 Å². The zero-order chi connectivity index (χ0) is 17.6. The molecule has 0 bridgehead atoms. The van der Waals surface area contributed by atoms with Crippen molar-refractivity contribution in [1.29, 1.82) is 0 Å². The molecule has 1 heterocycles. The predicted octanol–water partition coefficient (Wildman–Crippen LogP) is 6.69. The summed E-state index contributed by atoms with van der Waals surface area (Å²) in [5.41, 5.74) is 3.25. The molecule has 0 saturated heterocycles. The van der Waals surface area contributed by atoms with Gasteiger partial charge in [-0.05, 0) is 54.0 Å². The van der Waals surface area contributed by atoms with E-state index in [9.17, 15) is 4.79 Å². The number of hydrogen-bond acceptors (Lipinski definition) is 2. The van der Waals surface area contributed by atoms with Gasteiger partial charge in [0.15, 0.2) is 0 Å². The van der Waals surface area contributed by atoms with Crippen LogP contribution in [0.5, 0.6) is 0 Å². The van der Waals surface area contributed by atoms with Gasteiger partial charge in [0.2, 0.25) is 0 Å². The summed E-state index contributed by atoms with van der Waals surface area (Å²) in [6, 6.07) is 4.18. The lowest BCUT2D eigenvalue weighted by atomic mass is 10.1. The maximum atomic E-state index is 10.5. The molecule has 0 spiro atoms. The molecule has 0 radical (unpaired) electrons. The highest BCUT2D eigenvalue weighted by molar-refractivity contribution is 7.10. The van der Waals surface area contributed by atoms with Crippen molar-refractivity contribution >= 4 is 23.7 Å². The maximum Gasteiger partial charge on any atom is 0.145 e. The Morgan fingerprint density at radius 1 is 1.00 bits per heavy atom. The number of hydrogen-bond donors (Lipinski definition) is 0. The summed E-state index contributed by atoms with van der Waals surface area (Å²) in [5, 5.41) is 2.09. The quantitative estimate of drug-likeness (QED) is 0.278. The average Bonchev–Trinajstić information content (AvgIpc) is 3.12. The van der Waals surface area contributed by atoms with Gasteiger partial charge in [-0.2, -0.15) is 0 Å². The van der Waals surface area contributed by atoms with Crippen molar-refractivity contribution in [2.45, 2.75) is 33.6 Å². The van der Waals surface area contributed by atoms with Crippen LogP contribution in [-0.4, -0.2) is 6.29 Å². The SMILES string of the molecule is CCC(/C=C/C=C(\C)C=O)=C\C=C\C=C(\C=C\c1cccs1)CC. The van der Waals surface area contributed by atoms with Crippen LogP contribution in [0.3, 0.4) is 0 Å². The molecule has 1 aromatic rings. The minimum absolute atomic E-state index is 0.727. The molecule has 0 aliphatic rings. The highest BCUT2D eigenvalue weighted by Crippen LogP contribution is 2.13. The van der Waals surface area contributed by atoms with Crippen LogP contribution in [0.1, 0.15) is 38.5 Å². The van der Waals surface area contributed by atoms with Gasteiger partial charge < -0.3 is 0 Å². The second-order valence-electron chi connectivity index (χ2n) is 5.31. The van der Waals surface area contributed by atoms with Crippen LogP contribution in [0.25, 0.3) is 6.08 Å². The number of allylic oxidation sites excluding steroid dienone is 11. The lowest BCUT2D eigenvalue weighted by molar-refractivity contribution is -0.104. The fourth-order valence-corrected chi connectivity index (χ4v) is 2.50. The van der Waals surface area contributed by atoms with Crippen LogP contribution in [0.15, 0.2) is 82.8 Å². The van der Waals surface area contributed by atoms with Crippen LogP contribution in [0, 0.1) is 0 Å². The number of carbonyl (C=O) groups is 1. The van der Waals surface area contributed by atoms with Crippen molar-refractivity contribution in [2.75, 3.05) is 0 Å². The average molecular weight is 339 g/mol. The summed E-state index contributed by atoms with van der Waals surface area (Å²) in [6.45, 7) is 6.08. The molecule has 0 aliphatic heterocycles. The lowest BCUT2D eigenvalue weighted by Crippen LogP contribution is -1.75. The highest BCUT2D eigenvalue weighted by Gasteiger charge is 1.89. The van der Waals surface area contributed by atoms with Gasteiger partial charge >= 0.3 is 0 Å². The van der Waals surface area contributed by atoms with E-state index in [1.54, 1.807) is 18.3 Å². The molecule has 1 aromatic heterocycles. The second-order valence-corrected chi connectivity index (χ2v) is 6.29. The van der Waals surface area contributed by atoms with Gasteiger partial charge in [0.25, 0.3) is 0 Å². The Hall–Kier alpha value is -2.19. The molecule has 0 aliphatic carbocycles. The first-order chi connectivity index (χ1) is 11.7. The molecule has 0 atom stereocenters. The van der Waals surface area contributed by atoms with Gasteiger partial charge in [-0.15, -0.1) is 11.3 Å². The molecule has 0 unspecified atom stereocenters. The summed E-state index contributed by atoms with van der Waals surface area (Å²) in [7, 11) is 0. The van der Waals surface area contributed by atoms with Gasteiger partial charge in [-0.25, -0.2) is 0 Å². The van der Waals surface area contributed by atoms with E-state index < -0.39 is 0 Å². The zero-order valence-corrected chi connectivity index (χ0v) is 15.6. The third-order valence-electron chi connectivity index (χ3n) is 3.41. The smallest absolute Gasteiger partial charge is 0.145 e. The number of thiophene rings is 1. The molecule has 24 heavy (non-hydrogen) atoms. The maximum absolute atomic E-state index is 10.5. The van der Waals surface area contributed by atoms with Gasteiger partial charge in [0.1, 0.15) is 6.29 Å². The molecule has 0 aromatic carbocycles. The number of carbonyl (C=O) groups excluding carboxylic acids is 1. The number of rotatable bonds is 9. The van der Waals surface area contributed by atoms with E-state index in [-0.39, 0.29) is 0 Å². The van der Waals surface area contributed by atoms with E-state index in [0.717, 1.165) is 24.7 Å². The lowest BCUT2D eigenvalue weighted by Gasteiger charge is -1.95. The molecule has 0 amide bonds. The van der Waals surface area contributed by atoms with E-state index in [2.05, 4.69) is 67.8 Å². The molecule has 2 heteroatoms. The van der Waals surface area contributed by atoms with Crippen LogP contribution < -0.4 is 0 Å².